The highest BCUT2D eigenvalue weighted by Crippen LogP contribution is 2.51. The van der Waals surface area contributed by atoms with Crippen molar-refractivity contribution in [2.75, 3.05) is 13.2 Å². The molecule has 2 atom stereocenters. The number of benzene rings is 1. The number of nitrogens with one attached hydrogen (secondary N) is 1. The SMILES string of the molecule is CC1(C)CC1CN=C(N)NC1CCOc2ccccc21. The van der Waals surface area contributed by atoms with E-state index in [1.165, 1.54) is 12.0 Å². The Balaban J connectivity index is 1.62. The summed E-state index contributed by atoms with van der Waals surface area (Å²) in [6.45, 7) is 6.12. The van der Waals surface area contributed by atoms with Crippen molar-refractivity contribution in [1.29, 1.82) is 0 Å². The molecule has 2 unspecified atom stereocenters. The first-order valence-corrected chi connectivity index (χ1v) is 7.34. The van der Waals surface area contributed by atoms with Crippen molar-refractivity contribution in [2.24, 2.45) is 22.1 Å². The topological polar surface area (TPSA) is 59.6 Å². The van der Waals surface area contributed by atoms with Gasteiger partial charge in [-0.15, -0.1) is 0 Å². The molecule has 1 saturated carbocycles. The van der Waals surface area contributed by atoms with Crippen molar-refractivity contribution in [3.63, 3.8) is 0 Å². The predicted molar refractivity (Wildman–Crippen MR) is 80.8 cm³/mol. The lowest BCUT2D eigenvalue weighted by Gasteiger charge is -2.26. The van der Waals surface area contributed by atoms with E-state index in [4.69, 9.17) is 10.5 Å². The van der Waals surface area contributed by atoms with E-state index >= 15 is 0 Å². The molecule has 1 aliphatic carbocycles. The van der Waals surface area contributed by atoms with Crippen LogP contribution in [0.4, 0.5) is 0 Å². The van der Waals surface area contributed by atoms with Crippen LogP contribution < -0.4 is 15.8 Å². The van der Waals surface area contributed by atoms with Crippen LogP contribution in [0.3, 0.4) is 0 Å². The van der Waals surface area contributed by atoms with Gasteiger partial charge in [0.1, 0.15) is 5.75 Å². The first-order valence-electron chi connectivity index (χ1n) is 7.34. The van der Waals surface area contributed by atoms with E-state index in [0.29, 0.717) is 17.3 Å². The lowest BCUT2D eigenvalue weighted by Crippen LogP contribution is -2.37. The fourth-order valence-corrected chi connectivity index (χ4v) is 2.81. The number of hydrogen-bond donors (Lipinski definition) is 2. The highest BCUT2D eigenvalue weighted by Gasteiger charge is 2.45. The molecule has 4 heteroatoms. The molecule has 3 rings (SSSR count). The van der Waals surface area contributed by atoms with Crippen molar-refractivity contribution in [3.05, 3.63) is 29.8 Å². The molecule has 0 amide bonds. The van der Waals surface area contributed by atoms with Gasteiger partial charge in [0, 0.05) is 18.5 Å². The molecule has 1 aliphatic heterocycles. The van der Waals surface area contributed by atoms with Crippen LogP contribution in [0.15, 0.2) is 29.3 Å². The summed E-state index contributed by atoms with van der Waals surface area (Å²) in [4.78, 5) is 4.49. The monoisotopic (exact) mass is 273 g/mol. The molecule has 0 aromatic heterocycles. The summed E-state index contributed by atoms with van der Waals surface area (Å²) in [7, 11) is 0. The molecular weight excluding hydrogens is 250 g/mol. The maximum absolute atomic E-state index is 6.02. The molecule has 4 nitrogen and oxygen atoms in total. The molecule has 1 aromatic carbocycles. The Kier molecular flexibility index (Phi) is 3.32. The Morgan fingerprint density at radius 1 is 1.45 bits per heavy atom. The number of hydrogen-bond acceptors (Lipinski definition) is 2. The Hall–Kier alpha value is -1.71. The van der Waals surface area contributed by atoms with Crippen LogP contribution in [0, 0.1) is 11.3 Å². The summed E-state index contributed by atoms with van der Waals surface area (Å²) in [5.41, 5.74) is 7.65. The van der Waals surface area contributed by atoms with Gasteiger partial charge in [0.05, 0.1) is 12.6 Å². The van der Waals surface area contributed by atoms with Crippen LogP contribution in [0.5, 0.6) is 5.75 Å². The van der Waals surface area contributed by atoms with Gasteiger partial charge >= 0.3 is 0 Å². The van der Waals surface area contributed by atoms with Crippen molar-refractivity contribution in [3.8, 4) is 5.75 Å². The van der Waals surface area contributed by atoms with Crippen molar-refractivity contribution < 1.29 is 4.74 Å². The summed E-state index contributed by atoms with van der Waals surface area (Å²) >= 11 is 0. The lowest BCUT2D eigenvalue weighted by atomic mass is 10.0. The molecule has 1 fully saturated rings. The van der Waals surface area contributed by atoms with Crippen LogP contribution in [0.25, 0.3) is 0 Å². The fraction of sp³-hybridized carbons (Fsp3) is 0.562. The number of rotatable bonds is 3. The maximum atomic E-state index is 6.02. The smallest absolute Gasteiger partial charge is 0.189 e. The molecule has 0 saturated heterocycles. The summed E-state index contributed by atoms with van der Waals surface area (Å²) < 4.78 is 5.65. The zero-order valence-corrected chi connectivity index (χ0v) is 12.2. The van der Waals surface area contributed by atoms with E-state index in [1.807, 2.05) is 18.2 Å². The summed E-state index contributed by atoms with van der Waals surface area (Å²) in [6.07, 6.45) is 2.17. The van der Waals surface area contributed by atoms with Gasteiger partial charge in [-0.25, -0.2) is 0 Å². The van der Waals surface area contributed by atoms with Crippen molar-refractivity contribution in [2.45, 2.75) is 32.7 Å². The average molecular weight is 273 g/mol. The van der Waals surface area contributed by atoms with E-state index < -0.39 is 0 Å². The third-order valence-electron chi connectivity index (χ3n) is 4.48. The Labute approximate surface area is 120 Å². The van der Waals surface area contributed by atoms with E-state index in [0.717, 1.165) is 25.3 Å². The van der Waals surface area contributed by atoms with Crippen LogP contribution in [-0.2, 0) is 0 Å². The van der Waals surface area contributed by atoms with E-state index in [-0.39, 0.29) is 6.04 Å². The molecule has 2 aliphatic rings. The maximum Gasteiger partial charge on any atom is 0.189 e. The standard InChI is InChI=1S/C16H23N3O/c1-16(2)9-11(16)10-18-15(17)19-13-7-8-20-14-6-4-3-5-12(13)14/h3-6,11,13H,7-10H2,1-2H3,(H3,17,18,19). The number of fused-ring (bicyclic) bond motifs is 1. The number of aliphatic imine (C=N–C) groups is 1. The van der Waals surface area contributed by atoms with Gasteiger partial charge in [0.15, 0.2) is 5.96 Å². The van der Waals surface area contributed by atoms with Crippen LogP contribution in [-0.4, -0.2) is 19.1 Å². The van der Waals surface area contributed by atoms with Gasteiger partial charge in [-0.2, -0.15) is 0 Å². The molecular formula is C16H23N3O. The molecule has 1 aromatic rings. The Bertz CT molecular complexity index is 524. The minimum absolute atomic E-state index is 0.205. The second-order valence-electron chi connectivity index (χ2n) is 6.49. The van der Waals surface area contributed by atoms with Gasteiger partial charge in [-0.1, -0.05) is 32.0 Å². The first kappa shape index (κ1) is 13.3. The van der Waals surface area contributed by atoms with Crippen LogP contribution in [0.1, 0.15) is 38.3 Å². The molecule has 0 spiro atoms. The molecule has 1 heterocycles. The van der Waals surface area contributed by atoms with E-state index in [2.05, 4.69) is 30.2 Å². The molecule has 108 valence electrons. The molecule has 3 N–H and O–H groups in total. The number of para-hydroxylation sites is 1. The first-order chi connectivity index (χ1) is 9.56. The number of nitrogens with zero attached hydrogens (tertiary/aromatic N) is 1. The molecule has 0 bridgehead atoms. The van der Waals surface area contributed by atoms with Crippen LogP contribution in [0.2, 0.25) is 0 Å². The molecule has 20 heavy (non-hydrogen) atoms. The third-order valence-corrected chi connectivity index (χ3v) is 4.48. The average Bonchev–Trinajstić information content (AvgIpc) is 3.05. The third kappa shape index (κ3) is 2.74. The van der Waals surface area contributed by atoms with Gasteiger partial charge in [-0.3, -0.25) is 4.99 Å². The predicted octanol–water partition coefficient (Wildman–Crippen LogP) is 2.46. The zero-order valence-electron chi connectivity index (χ0n) is 12.2. The highest BCUT2D eigenvalue weighted by molar-refractivity contribution is 5.78. The van der Waals surface area contributed by atoms with Gasteiger partial charge in [-0.05, 0) is 23.8 Å². The van der Waals surface area contributed by atoms with Crippen molar-refractivity contribution in [1.82, 2.24) is 5.32 Å². The van der Waals surface area contributed by atoms with E-state index in [9.17, 15) is 0 Å². The normalized spacial score (nSPS) is 27.4. The minimum atomic E-state index is 0.205. The summed E-state index contributed by atoms with van der Waals surface area (Å²) in [5, 5.41) is 3.33. The second-order valence-corrected chi connectivity index (χ2v) is 6.49. The Morgan fingerprint density at radius 2 is 2.20 bits per heavy atom. The number of nitrogens with two attached hydrogens (primary N) is 1. The Morgan fingerprint density at radius 3 is 2.95 bits per heavy atom. The van der Waals surface area contributed by atoms with Gasteiger partial charge in [0.25, 0.3) is 0 Å². The zero-order chi connectivity index (χ0) is 14.2. The summed E-state index contributed by atoms with van der Waals surface area (Å²) in [5.74, 6) is 2.19. The largest absolute Gasteiger partial charge is 0.493 e. The fourth-order valence-electron chi connectivity index (χ4n) is 2.81. The lowest BCUT2D eigenvalue weighted by molar-refractivity contribution is 0.262. The van der Waals surface area contributed by atoms with Crippen LogP contribution >= 0.6 is 0 Å². The van der Waals surface area contributed by atoms with Gasteiger partial charge in [0.2, 0.25) is 0 Å². The minimum Gasteiger partial charge on any atom is -0.493 e. The van der Waals surface area contributed by atoms with E-state index in [1.54, 1.807) is 0 Å². The van der Waals surface area contributed by atoms with Gasteiger partial charge < -0.3 is 15.8 Å². The number of guanidine groups is 1. The second kappa shape index (κ2) is 5.00. The summed E-state index contributed by atoms with van der Waals surface area (Å²) in [6, 6.07) is 8.32. The van der Waals surface area contributed by atoms with Crippen molar-refractivity contribution >= 4 is 5.96 Å². The molecule has 0 radical (unpaired) electrons. The number of ether oxygens (including phenoxy) is 1. The quantitative estimate of drug-likeness (QED) is 0.657. The highest BCUT2D eigenvalue weighted by atomic mass is 16.5.